The highest BCUT2D eigenvalue weighted by Gasteiger charge is 2.02. The van der Waals surface area contributed by atoms with E-state index >= 15 is 0 Å². The van der Waals surface area contributed by atoms with Gasteiger partial charge in [0, 0.05) is 12.2 Å². The maximum Gasteiger partial charge on any atom is 0.132 e. The zero-order chi connectivity index (χ0) is 11.5. The van der Waals surface area contributed by atoms with Gasteiger partial charge in [0.05, 0.1) is 11.9 Å². The lowest BCUT2D eigenvalue weighted by Gasteiger charge is -2.04. The van der Waals surface area contributed by atoms with Gasteiger partial charge in [0.25, 0.3) is 0 Å². The molecule has 2 heterocycles. The maximum absolute atomic E-state index is 5.59. The van der Waals surface area contributed by atoms with Gasteiger partial charge >= 0.3 is 0 Å². The van der Waals surface area contributed by atoms with Crippen molar-refractivity contribution in [3.05, 3.63) is 30.6 Å². The molecule has 0 aliphatic heterocycles. The summed E-state index contributed by atoms with van der Waals surface area (Å²) in [6.07, 6.45) is 3.71. The third-order valence-electron chi connectivity index (χ3n) is 2.17. The van der Waals surface area contributed by atoms with E-state index in [2.05, 4.69) is 29.2 Å². The maximum atomic E-state index is 5.59. The van der Waals surface area contributed by atoms with Gasteiger partial charge in [0.1, 0.15) is 11.6 Å². The van der Waals surface area contributed by atoms with E-state index in [-0.39, 0.29) is 0 Å². The Morgan fingerprint density at radius 2 is 2.19 bits per heavy atom. The number of anilines is 3. The molecule has 5 nitrogen and oxygen atoms in total. The van der Waals surface area contributed by atoms with Crippen LogP contribution in [0.25, 0.3) is 0 Å². The van der Waals surface area contributed by atoms with Crippen LogP contribution in [0.5, 0.6) is 0 Å². The van der Waals surface area contributed by atoms with E-state index < -0.39 is 0 Å². The molecule has 0 fully saturated rings. The van der Waals surface area contributed by atoms with Gasteiger partial charge in [-0.05, 0) is 26.0 Å². The second-order valence-electron chi connectivity index (χ2n) is 3.88. The molecule has 2 aromatic rings. The summed E-state index contributed by atoms with van der Waals surface area (Å²) in [5.41, 5.74) is 6.50. The molecule has 16 heavy (non-hydrogen) atoms. The van der Waals surface area contributed by atoms with Crippen LogP contribution in [0.1, 0.15) is 19.9 Å². The van der Waals surface area contributed by atoms with Crippen molar-refractivity contribution in [2.45, 2.75) is 19.9 Å². The molecule has 0 bridgehead atoms. The molecular formula is C11H15N5. The Bertz CT molecular complexity index is 475. The average Bonchev–Trinajstić information content (AvgIpc) is 2.66. The minimum absolute atomic E-state index is 0.351. The number of aromatic nitrogens is 3. The van der Waals surface area contributed by atoms with Crippen LogP contribution < -0.4 is 11.1 Å². The number of nitrogens with two attached hydrogens (primary N) is 1. The molecule has 0 aliphatic carbocycles. The highest BCUT2D eigenvalue weighted by atomic mass is 15.3. The normalized spacial score (nSPS) is 10.7. The molecule has 0 saturated carbocycles. The van der Waals surface area contributed by atoms with Crippen molar-refractivity contribution in [2.75, 3.05) is 11.1 Å². The number of hydrogen-bond acceptors (Lipinski definition) is 4. The van der Waals surface area contributed by atoms with E-state index in [0.717, 1.165) is 11.5 Å². The molecule has 0 saturated heterocycles. The van der Waals surface area contributed by atoms with Crippen LogP contribution in [0.2, 0.25) is 0 Å². The molecule has 5 heteroatoms. The topological polar surface area (TPSA) is 68.8 Å². The van der Waals surface area contributed by atoms with Crippen LogP contribution in [0.15, 0.2) is 30.6 Å². The van der Waals surface area contributed by atoms with Crippen LogP contribution in [0.3, 0.4) is 0 Å². The Balaban J connectivity index is 2.14. The summed E-state index contributed by atoms with van der Waals surface area (Å²) in [6, 6.07) is 5.83. The van der Waals surface area contributed by atoms with Gasteiger partial charge in [-0.15, -0.1) is 0 Å². The SMILES string of the molecule is CC(C)n1cc(Nc2cccc(N)n2)cn1. The van der Waals surface area contributed by atoms with E-state index in [1.165, 1.54) is 0 Å². The second kappa shape index (κ2) is 4.22. The van der Waals surface area contributed by atoms with Gasteiger partial charge in [-0.3, -0.25) is 4.68 Å². The lowest BCUT2D eigenvalue weighted by Crippen LogP contribution is -2.00. The Hall–Kier alpha value is -2.04. The summed E-state index contributed by atoms with van der Waals surface area (Å²) < 4.78 is 1.88. The summed E-state index contributed by atoms with van der Waals surface area (Å²) in [4.78, 5) is 4.15. The summed E-state index contributed by atoms with van der Waals surface area (Å²) in [5, 5.41) is 7.37. The first kappa shape index (κ1) is 10.5. The minimum Gasteiger partial charge on any atom is -0.384 e. The Morgan fingerprint density at radius 3 is 2.81 bits per heavy atom. The van der Waals surface area contributed by atoms with Crippen LogP contribution in [0.4, 0.5) is 17.3 Å². The molecule has 0 radical (unpaired) electrons. The molecule has 0 amide bonds. The summed E-state index contributed by atoms with van der Waals surface area (Å²) in [6.45, 7) is 4.16. The zero-order valence-electron chi connectivity index (χ0n) is 9.38. The zero-order valence-corrected chi connectivity index (χ0v) is 9.38. The van der Waals surface area contributed by atoms with E-state index in [9.17, 15) is 0 Å². The molecule has 2 aromatic heterocycles. The molecule has 3 N–H and O–H groups in total. The fourth-order valence-electron chi connectivity index (χ4n) is 1.35. The van der Waals surface area contributed by atoms with Crippen molar-refractivity contribution < 1.29 is 0 Å². The van der Waals surface area contributed by atoms with E-state index in [1.807, 2.05) is 23.0 Å². The fraction of sp³-hybridized carbons (Fsp3) is 0.273. The number of pyridine rings is 1. The highest BCUT2D eigenvalue weighted by molar-refractivity contribution is 5.55. The number of nitrogens with zero attached hydrogens (tertiary/aromatic N) is 3. The predicted octanol–water partition coefficient (Wildman–Crippen LogP) is 2.18. The smallest absolute Gasteiger partial charge is 0.132 e. The lowest BCUT2D eigenvalue weighted by atomic mass is 10.4. The van der Waals surface area contributed by atoms with Crippen LogP contribution in [0, 0.1) is 0 Å². The number of rotatable bonds is 3. The van der Waals surface area contributed by atoms with Gasteiger partial charge in [-0.1, -0.05) is 6.07 Å². The number of hydrogen-bond donors (Lipinski definition) is 2. The molecule has 0 unspecified atom stereocenters. The van der Waals surface area contributed by atoms with E-state index in [4.69, 9.17) is 5.73 Å². The summed E-state index contributed by atoms with van der Waals surface area (Å²) in [7, 11) is 0. The monoisotopic (exact) mass is 217 g/mol. The van der Waals surface area contributed by atoms with Crippen molar-refractivity contribution in [2.24, 2.45) is 0 Å². The van der Waals surface area contributed by atoms with Gasteiger partial charge in [0.2, 0.25) is 0 Å². The third-order valence-corrected chi connectivity index (χ3v) is 2.17. The molecule has 0 aliphatic rings. The quantitative estimate of drug-likeness (QED) is 0.826. The van der Waals surface area contributed by atoms with Gasteiger partial charge < -0.3 is 11.1 Å². The van der Waals surface area contributed by atoms with Gasteiger partial charge in [0.15, 0.2) is 0 Å². The van der Waals surface area contributed by atoms with Crippen molar-refractivity contribution in [3.8, 4) is 0 Å². The largest absolute Gasteiger partial charge is 0.384 e. The number of nitrogens with one attached hydrogen (secondary N) is 1. The molecular weight excluding hydrogens is 202 g/mol. The highest BCUT2D eigenvalue weighted by Crippen LogP contribution is 2.15. The predicted molar refractivity (Wildman–Crippen MR) is 64.5 cm³/mol. The molecule has 0 aromatic carbocycles. The first-order chi connectivity index (χ1) is 7.65. The average molecular weight is 217 g/mol. The fourth-order valence-corrected chi connectivity index (χ4v) is 1.35. The van der Waals surface area contributed by atoms with E-state index in [0.29, 0.717) is 11.9 Å². The molecule has 0 spiro atoms. The van der Waals surface area contributed by atoms with Crippen molar-refractivity contribution in [1.29, 1.82) is 0 Å². The Morgan fingerprint density at radius 1 is 1.38 bits per heavy atom. The molecule has 2 rings (SSSR count). The van der Waals surface area contributed by atoms with Crippen molar-refractivity contribution in [1.82, 2.24) is 14.8 Å². The van der Waals surface area contributed by atoms with Crippen LogP contribution in [-0.4, -0.2) is 14.8 Å². The summed E-state index contributed by atoms with van der Waals surface area (Å²) >= 11 is 0. The van der Waals surface area contributed by atoms with E-state index in [1.54, 1.807) is 12.3 Å². The first-order valence-corrected chi connectivity index (χ1v) is 5.19. The first-order valence-electron chi connectivity index (χ1n) is 5.19. The van der Waals surface area contributed by atoms with Crippen LogP contribution in [-0.2, 0) is 0 Å². The standard InChI is InChI=1S/C11H15N5/c1-8(2)16-7-9(6-13-16)14-11-5-3-4-10(12)15-11/h3-8H,1-2H3,(H3,12,14,15). The van der Waals surface area contributed by atoms with Crippen molar-refractivity contribution >= 4 is 17.3 Å². The Kier molecular flexibility index (Phi) is 2.76. The number of nitrogen functional groups attached to an aromatic ring is 1. The second-order valence-corrected chi connectivity index (χ2v) is 3.88. The lowest BCUT2D eigenvalue weighted by molar-refractivity contribution is 0.532. The van der Waals surface area contributed by atoms with Gasteiger partial charge in [-0.25, -0.2) is 4.98 Å². The summed E-state index contributed by atoms with van der Waals surface area (Å²) in [5.74, 6) is 1.23. The van der Waals surface area contributed by atoms with Gasteiger partial charge in [-0.2, -0.15) is 5.10 Å². The molecule has 84 valence electrons. The third kappa shape index (κ3) is 2.31. The Labute approximate surface area is 94.3 Å². The van der Waals surface area contributed by atoms with Crippen LogP contribution >= 0.6 is 0 Å². The van der Waals surface area contributed by atoms with Crippen molar-refractivity contribution in [3.63, 3.8) is 0 Å². The minimum atomic E-state index is 0.351. The molecule has 0 atom stereocenters.